The van der Waals surface area contributed by atoms with Gasteiger partial charge in [-0.05, 0) is 94.5 Å². The highest BCUT2D eigenvalue weighted by Crippen LogP contribution is 2.39. The van der Waals surface area contributed by atoms with Crippen molar-refractivity contribution in [3.8, 4) is 11.5 Å². The number of carbonyl (C=O) groups excluding carboxylic acids is 2. The largest absolute Gasteiger partial charge is 0.493 e. The molecule has 0 aromatic heterocycles. The smallest absolute Gasteiger partial charge is 0.271 e. The van der Waals surface area contributed by atoms with E-state index in [2.05, 4.69) is 27.9 Å². The Morgan fingerprint density at radius 3 is 2.30 bits per heavy atom. The van der Waals surface area contributed by atoms with Gasteiger partial charge in [0.15, 0.2) is 23.3 Å². The number of benzene rings is 4. The molecule has 4 aromatic carbocycles. The van der Waals surface area contributed by atoms with E-state index >= 15 is 0 Å². The highest BCUT2D eigenvalue weighted by molar-refractivity contribution is 14.1. The van der Waals surface area contributed by atoms with E-state index < -0.39 is 0 Å². The molecular formula is C31H24IN3O4S. The van der Waals surface area contributed by atoms with Crippen molar-refractivity contribution >= 4 is 74.5 Å². The Kier molecular flexibility index (Phi) is 8.82. The summed E-state index contributed by atoms with van der Waals surface area (Å²) < 4.78 is 12.2. The first-order valence-electron chi connectivity index (χ1n) is 12.3. The molecule has 0 atom stereocenters. The number of methoxy groups -OCH3 is 1. The second-order valence-electron chi connectivity index (χ2n) is 8.55. The van der Waals surface area contributed by atoms with Crippen molar-refractivity contribution in [1.29, 1.82) is 0 Å². The summed E-state index contributed by atoms with van der Waals surface area (Å²) in [5.41, 5.74) is 2.95. The number of hydrogen-bond acceptors (Lipinski definition) is 6. The minimum absolute atomic E-state index is 0.169. The summed E-state index contributed by atoms with van der Waals surface area (Å²) in [5.74, 6) is 0.461. The fraction of sp³-hybridized carbons (Fsp3) is 0.0645. The monoisotopic (exact) mass is 661 g/mol. The van der Waals surface area contributed by atoms with Gasteiger partial charge in [0.25, 0.3) is 11.8 Å². The zero-order valence-corrected chi connectivity index (χ0v) is 24.4. The molecule has 1 aliphatic rings. The van der Waals surface area contributed by atoms with E-state index in [1.54, 1.807) is 11.0 Å². The second-order valence-corrected chi connectivity index (χ2v) is 10.7. The highest BCUT2D eigenvalue weighted by Gasteiger charge is 2.34. The summed E-state index contributed by atoms with van der Waals surface area (Å²) in [6, 6.07) is 31.8. The average molecular weight is 662 g/mol. The van der Waals surface area contributed by atoms with Gasteiger partial charge in [-0.3, -0.25) is 14.5 Å². The predicted molar refractivity (Wildman–Crippen MR) is 169 cm³/mol. The van der Waals surface area contributed by atoms with E-state index in [1.165, 1.54) is 18.9 Å². The van der Waals surface area contributed by atoms with E-state index in [1.807, 2.05) is 103 Å². The maximum atomic E-state index is 13.6. The normalized spacial score (nSPS) is 14.9. The lowest BCUT2D eigenvalue weighted by Crippen LogP contribution is -2.28. The highest BCUT2D eigenvalue weighted by atomic mass is 127. The van der Waals surface area contributed by atoms with Crippen molar-refractivity contribution < 1.29 is 19.1 Å². The molecule has 0 unspecified atom stereocenters. The van der Waals surface area contributed by atoms with Crippen LogP contribution in [-0.2, 0) is 9.59 Å². The van der Waals surface area contributed by atoms with Crippen LogP contribution in [0.2, 0.25) is 0 Å². The molecule has 1 heterocycles. The molecule has 7 nitrogen and oxygen atoms in total. The number of aliphatic imine (C=N–C) groups is 1. The number of rotatable bonds is 8. The van der Waals surface area contributed by atoms with E-state index in [9.17, 15) is 9.59 Å². The lowest BCUT2D eigenvalue weighted by atomic mass is 10.1. The molecule has 0 bridgehead atoms. The third-order valence-corrected chi connectivity index (χ3v) is 7.53. The Labute approximate surface area is 250 Å². The lowest BCUT2D eigenvalue weighted by Gasteiger charge is -2.15. The first-order valence-corrected chi connectivity index (χ1v) is 14.2. The van der Waals surface area contributed by atoms with Gasteiger partial charge < -0.3 is 14.8 Å². The Morgan fingerprint density at radius 1 is 0.975 bits per heavy atom. The third kappa shape index (κ3) is 6.54. The Morgan fingerprint density at radius 2 is 1.62 bits per heavy atom. The Bertz CT molecular complexity index is 1580. The zero-order chi connectivity index (χ0) is 27.9. The van der Waals surface area contributed by atoms with Gasteiger partial charge in [-0.2, -0.15) is 0 Å². The zero-order valence-electron chi connectivity index (χ0n) is 21.4. The van der Waals surface area contributed by atoms with Crippen LogP contribution in [0.1, 0.15) is 5.56 Å². The first kappa shape index (κ1) is 27.5. The standard InChI is InChI=1S/C31H24IN3O4S/c1-38-26-18-21(17-25(32)29(26)39-20-28(36)33-22-11-5-2-6-12-22)19-27-30(37)35(24-15-9-4-10-16-24)31(40-27)34-23-13-7-3-8-14-23/h2-19H,20H2,1H3,(H,33,36)/b27-19-,34-31?. The van der Waals surface area contributed by atoms with Gasteiger partial charge in [-0.15, -0.1) is 0 Å². The van der Waals surface area contributed by atoms with Crippen molar-refractivity contribution in [2.24, 2.45) is 4.99 Å². The quantitative estimate of drug-likeness (QED) is 0.161. The van der Waals surface area contributed by atoms with Gasteiger partial charge in [0.05, 0.1) is 27.0 Å². The van der Waals surface area contributed by atoms with Gasteiger partial charge >= 0.3 is 0 Å². The van der Waals surface area contributed by atoms with Crippen LogP contribution in [-0.4, -0.2) is 30.7 Å². The molecule has 4 aromatic rings. The molecule has 200 valence electrons. The average Bonchev–Trinajstić information content (AvgIpc) is 3.27. The maximum Gasteiger partial charge on any atom is 0.271 e. The number of nitrogens with one attached hydrogen (secondary N) is 1. The summed E-state index contributed by atoms with van der Waals surface area (Å²) in [6.07, 6.45) is 1.81. The Balaban J connectivity index is 1.40. The van der Waals surface area contributed by atoms with Crippen molar-refractivity contribution in [2.75, 3.05) is 23.9 Å². The summed E-state index contributed by atoms with van der Waals surface area (Å²) >= 11 is 3.45. The van der Waals surface area contributed by atoms with Gasteiger partial charge in [0.1, 0.15) is 0 Å². The fourth-order valence-electron chi connectivity index (χ4n) is 3.94. The van der Waals surface area contributed by atoms with E-state index in [4.69, 9.17) is 14.5 Å². The summed E-state index contributed by atoms with van der Waals surface area (Å²) in [7, 11) is 1.54. The summed E-state index contributed by atoms with van der Waals surface area (Å²) in [6.45, 7) is -0.179. The minimum atomic E-state index is -0.283. The topological polar surface area (TPSA) is 80.2 Å². The SMILES string of the molecule is COc1cc(/C=C2\SC(=Nc3ccccc3)N(c3ccccc3)C2=O)cc(I)c1OCC(=O)Nc1ccccc1. The number of amides is 2. The molecule has 40 heavy (non-hydrogen) atoms. The molecule has 1 aliphatic heterocycles. The van der Waals surface area contributed by atoms with E-state index in [0.717, 1.165) is 20.5 Å². The van der Waals surface area contributed by atoms with Gasteiger partial charge in [-0.25, -0.2) is 4.99 Å². The molecule has 1 fully saturated rings. The van der Waals surface area contributed by atoms with Crippen LogP contribution >= 0.6 is 34.4 Å². The molecule has 2 amide bonds. The van der Waals surface area contributed by atoms with Crippen molar-refractivity contribution in [1.82, 2.24) is 0 Å². The van der Waals surface area contributed by atoms with Crippen LogP contribution in [0.3, 0.4) is 0 Å². The fourth-order valence-corrected chi connectivity index (χ4v) is 5.72. The molecule has 1 N–H and O–H groups in total. The van der Waals surface area contributed by atoms with Gasteiger partial charge in [0, 0.05) is 5.69 Å². The number of thioether (sulfide) groups is 1. The molecule has 5 rings (SSSR count). The van der Waals surface area contributed by atoms with Crippen LogP contribution < -0.4 is 19.7 Å². The minimum Gasteiger partial charge on any atom is -0.493 e. The van der Waals surface area contributed by atoms with Crippen molar-refractivity contribution in [2.45, 2.75) is 0 Å². The molecule has 1 saturated heterocycles. The number of nitrogens with zero attached hydrogens (tertiary/aromatic N) is 2. The Hall–Kier alpha value is -4.09. The van der Waals surface area contributed by atoms with Crippen LogP contribution in [0.5, 0.6) is 11.5 Å². The summed E-state index contributed by atoms with van der Waals surface area (Å²) in [5, 5.41) is 3.37. The van der Waals surface area contributed by atoms with Crippen LogP contribution in [0.25, 0.3) is 6.08 Å². The van der Waals surface area contributed by atoms with Crippen molar-refractivity contribution in [3.63, 3.8) is 0 Å². The molecule has 9 heteroatoms. The molecule has 0 aliphatic carbocycles. The second kappa shape index (κ2) is 12.8. The molecule has 0 spiro atoms. The number of para-hydroxylation sites is 3. The molecular weight excluding hydrogens is 637 g/mol. The number of ether oxygens (including phenoxy) is 2. The van der Waals surface area contributed by atoms with Crippen LogP contribution in [0.4, 0.5) is 17.1 Å². The van der Waals surface area contributed by atoms with E-state index in [0.29, 0.717) is 27.3 Å². The van der Waals surface area contributed by atoms with Crippen molar-refractivity contribution in [3.05, 3.63) is 117 Å². The van der Waals surface area contributed by atoms with Crippen LogP contribution in [0.15, 0.2) is 113 Å². The number of halogens is 1. The number of hydrogen-bond donors (Lipinski definition) is 1. The van der Waals surface area contributed by atoms with Gasteiger partial charge in [0.2, 0.25) is 0 Å². The third-order valence-electron chi connectivity index (χ3n) is 5.76. The number of carbonyl (C=O) groups is 2. The van der Waals surface area contributed by atoms with E-state index in [-0.39, 0.29) is 18.4 Å². The van der Waals surface area contributed by atoms with Crippen LogP contribution in [0, 0.1) is 3.57 Å². The number of amidine groups is 1. The lowest BCUT2D eigenvalue weighted by molar-refractivity contribution is -0.118. The molecule has 0 radical (unpaired) electrons. The summed E-state index contributed by atoms with van der Waals surface area (Å²) in [4.78, 5) is 32.9. The van der Waals surface area contributed by atoms with Gasteiger partial charge in [-0.1, -0.05) is 54.6 Å². The predicted octanol–water partition coefficient (Wildman–Crippen LogP) is 7.13. The first-order chi connectivity index (χ1) is 19.5. The maximum absolute atomic E-state index is 13.6. The number of anilines is 2. The molecule has 0 saturated carbocycles.